The predicted octanol–water partition coefficient (Wildman–Crippen LogP) is 6.51. The van der Waals surface area contributed by atoms with Gasteiger partial charge in [0.1, 0.15) is 5.75 Å². The van der Waals surface area contributed by atoms with E-state index in [2.05, 4.69) is 0 Å². The molecule has 2 N–H and O–H groups in total. The van der Waals surface area contributed by atoms with E-state index in [4.69, 9.17) is 19.9 Å². The molecule has 40 heavy (non-hydrogen) atoms. The molecule has 1 amide bonds. The van der Waals surface area contributed by atoms with E-state index in [9.17, 15) is 18.0 Å². The third-order valence-corrected chi connectivity index (χ3v) is 7.27. The second-order valence-electron chi connectivity index (χ2n) is 9.94. The van der Waals surface area contributed by atoms with Crippen molar-refractivity contribution >= 4 is 11.6 Å². The number of amides is 1. The predicted molar refractivity (Wildman–Crippen MR) is 148 cm³/mol. The highest BCUT2D eigenvalue weighted by atomic mass is 19.4. The molecule has 0 aliphatic carbocycles. The van der Waals surface area contributed by atoms with Crippen molar-refractivity contribution in [3.8, 4) is 17.2 Å². The molecule has 9 heteroatoms. The van der Waals surface area contributed by atoms with Crippen molar-refractivity contribution in [3.63, 3.8) is 0 Å². The molecule has 0 fully saturated rings. The topological polar surface area (TPSA) is 74.0 Å². The van der Waals surface area contributed by atoms with Crippen LogP contribution < -0.4 is 19.9 Å². The molecular formula is C31H35F3N2O4. The van der Waals surface area contributed by atoms with Crippen molar-refractivity contribution in [2.24, 2.45) is 0 Å². The van der Waals surface area contributed by atoms with Gasteiger partial charge < -0.3 is 24.8 Å². The number of ether oxygens (including phenoxy) is 3. The Morgan fingerprint density at radius 2 is 1.75 bits per heavy atom. The van der Waals surface area contributed by atoms with E-state index in [-0.39, 0.29) is 5.91 Å². The Labute approximate surface area is 232 Å². The standard InChI is InChI=1S/C31H35F3N2O4/c1-5-6-29(37)36-13-11-21-17-27(39-4)28(40-14-12-20-7-10-26(38-3)25(35)16-20)18-24(21)30(36)23-9-8-22(15-19(23)2)31(32,33)34/h7-10,15-18,30H,5-6,11-14,35H2,1-4H3. The van der Waals surface area contributed by atoms with Crippen LogP contribution in [0.15, 0.2) is 48.5 Å². The van der Waals surface area contributed by atoms with E-state index < -0.39 is 17.8 Å². The number of nitrogens with zero attached hydrogens (tertiary/aromatic N) is 1. The van der Waals surface area contributed by atoms with Gasteiger partial charge >= 0.3 is 6.18 Å². The van der Waals surface area contributed by atoms with Gasteiger partial charge in [0.15, 0.2) is 11.5 Å². The van der Waals surface area contributed by atoms with Crippen molar-refractivity contribution in [1.29, 1.82) is 0 Å². The fourth-order valence-corrected chi connectivity index (χ4v) is 5.24. The third kappa shape index (κ3) is 6.13. The summed E-state index contributed by atoms with van der Waals surface area (Å²) < 4.78 is 57.3. The summed E-state index contributed by atoms with van der Waals surface area (Å²) in [7, 11) is 3.13. The number of fused-ring (bicyclic) bond motifs is 1. The van der Waals surface area contributed by atoms with E-state index in [1.54, 1.807) is 26.0 Å². The number of hydrogen-bond acceptors (Lipinski definition) is 5. The number of nitrogens with two attached hydrogens (primary N) is 1. The first-order valence-corrected chi connectivity index (χ1v) is 13.3. The summed E-state index contributed by atoms with van der Waals surface area (Å²) in [5, 5.41) is 0. The first-order valence-electron chi connectivity index (χ1n) is 13.3. The van der Waals surface area contributed by atoms with Crippen molar-refractivity contribution in [2.75, 3.05) is 33.1 Å². The van der Waals surface area contributed by atoms with Crippen molar-refractivity contribution in [1.82, 2.24) is 4.90 Å². The number of aryl methyl sites for hydroxylation is 1. The number of hydrogen-bond donors (Lipinski definition) is 1. The molecule has 0 spiro atoms. The normalized spacial score (nSPS) is 15.0. The maximum Gasteiger partial charge on any atom is 0.416 e. The molecule has 1 aliphatic heterocycles. The molecule has 0 radical (unpaired) electrons. The number of carbonyl (C=O) groups is 1. The molecule has 0 saturated heterocycles. The average Bonchev–Trinajstić information content (AvgIpc) is 2.92. The molecule has 1 unspecified atom stereocenters. The number of nitrogen functional groups attached to an aromatic ring is 1. The number of rotatable bonds is 9. The first-order chi connectivity index (χ1) is 19.1. The minimum Gasteiger partial charge on any atom is -0.495 e. The van der Waals surface area contributed by atoms with Crippen LogP contribution >= 0.6 is 0 Å². The second kappa shape index (κ2) is 12.1. The molecule has 0 saturated carbocycles. The minimum absolute atomic E-state index is 0.0344. The van der Waals surface area contributed by atoms with E-state index in [1.165, 1.54) is 6.07 Å². The zero-order chi connectivity index (χ0) is 29.0. The van der Waals surface area contributed by atoms with Gasteiger partial charge in [-0.05, 0) is 84.0 Å². The smallest absolute Gasteiger partial charge is 0.416 e. The van der Waals surface area contributed by atoms with E-state index in [0.29, 0.717) is 72.9 Å². The quantitative estimate of drug-likeness (QED) is 0.304. The lowest BCUT2D eigenvalue weighted by atomic mass is 9.85. The highest BCUT2D eigenvalue weighted by Crippen LogP contribution is 2.43. The van der Waals surface area contributed by atoms with Crippen molar-refractivity contribution in [2.45, 2.75) is 51.7 Å². The van der Waals surface area contributed by atoms with Gasteiger partial charge in [0, 0.05) is 19.4 Å². The molecule has 6 nitrogen and oxygen atoms in total. The average molecular weight is 557 g/mol. The highest BCUT2D eigenvalue weighted by Gasteiger charge is 2.36. The molecule has 4 rings (SSSR count). The maximum absolute atomic E-state index is 13.4. The summed E-state index contributed by atoms with van der Waals surface area (Å²) in [6, 6.07) is 12.5. The Kier molecular flexibility index (Phi) is 8.81. The van der Waals surface area contributed by atoms with Gasteiger partial charge in [0.05, 0.1) is 38.1 Å². The van der Waals surface area contributed by atoms with Crippen LogP contribution in [0, 0.1) is 6.92 Å². The number of carbonyl (C=O) groups excluding carboxylic acids is 1. The number of benzene rings is 3. The molecule has 3 aromatic carbocycles. The van der Waals surface area contributed by atoms with E-state index >= 15 is 0 Å². The lowest BCUT2D eigenvalue weighted by molar-refractivity contribution is -0.138. The number of halogens is 3. The molecule has 0 bridgehead atoms. The van der Waals surface area contributed by atoms with Crippen LogP contribution in [0.5, 0.6) is 17.2 Å². The van der Waals surface area contributed by atoms with Crippen LogP contribution in [0.3, 0.4) is 0 Å². The van der Waals surface area contributed by atoms with Gasteiger partial charge in [-0.15, -0.1) is 0 Å². The Morgan fingerprint density at radius 3 is 2.38 bits per heavy atom. The van der Waals surface area contributed by atoms with Crippen LogP contribution in [-0.4, -0.2) is 38.2 Å². The van der Waals surface area contributed by atoms with E-state index in [0.717, 1.165) is 28.8 Å². The van der Waals surface area contributed by atoms with Gasteiger partial charge in [0.2, 0.25) is 5.91 Å². The fraction of sp³-hybridized carbons (Fsp3) is 0.387. The summed E-state index contributed by atoms with van der Waals surface area (Å²) in [4.78, 5) is 15.0. The van der Waals surface area contributed by atoms with Crippen LogP contribution in [0.2, 0.25) is 0 Å². The molecule has 1 aliphatic rings. The number of anilines is 1. The van der Waals surface area contributed by atoms with Gasteiger partial charge in [-0.3, -0.25) is 4.79 Å². The van der Waals surface area contributed by atoms with Crippen molar-refractivity contribution < 1.29 is 32.2 Å². The molecule has 0 aromatic heterocycles. The van der Waals surface area contributed by atoms with Crippen LogP contribution in [0.4, 0.5) is 18.9 Å². The number of methoxy groups -OCH3 is 2. The van der Waals surface area contributed by atoms with Gasteiger partial charge in [-0.1, -0.05) is 19.1 Å². The Balaban J connectivity index is 1.70. The lowest BCUT2D eigenvalue weighted by Crippen LogP contribution is -2.40. The van der Waals surface area contributed by atoms with Gasteiger partial charge in [-0.2, -0.15) is 13.2 Å². The van der Waals surface area contributed by atoms with E-state index in [1.807, 2.05) is 37.3 Å². The van der Waals surface area contributed by atoms with Crippen LogP contribution in [-0.2, 0) is 23.8 Å². The van der Waals surface area contributed by atoms with Gasteiger partial charge in [0.25, 0.3) is 0 Å². The van der Waals surface area contributed by atoms with Crippen LogP contribution in [0.25, 0.3) is 0 Å². The highest BCUT2D eigenvalue weighted by molar-refractivity contribution is 5.78. The summed E-state index contributed by atoms with van der Waals surface area (Å²) >= 11 is 0. The summed E-state index contributed by atoms with van der Waals surface area (Å²) in [6.07, 6.45) is -2.24. The summed E-state index contributed by atoms with van der Waals surface area (Å²) in [5.41, 5.74) is 9.75. The van der Waals surface area contributed by atoms with Crippen LogP contribution in [0.1, 0.15) is 59.2 Å². The second-order valence-corrected chi connectivity index (χ2v) is 9.94. The SMILES string of the molecule is CCCC(=O)N1CCc2cc(OC)c(OCCc3ccc(OC)c(N)c3)cc2C1c1ccc(C(F)(F)F)cc1C. The summed E-state index contributed by atoms with van der Waals surface area (Å²) in [6.45, 7) is 4.38. The monoisotopic (exact) mass is 556 g/mol. The Hall–Kier alpha value is -3.88. The fourth-order valence-electron chi connectivity index (χ4n) is 5.24. The molecular weight excluding hydrogens is 521 g/mol. The van der Waals surface area contributed by atoms with Gasteiger partial charge in [-0.25, -0.2) is 0 Å². The molecule has 1 heterocycles. The third-order valence-electron chi connectivity index (χ3n) is 7.27. The number of alkyl halides is 3. The molecule has 1 atom stereocenters. The first kappa shape index (κ1) is 29.1. The largest absolute Gasteiger partial charge is 0.495 e. The molecule has 3 aromatic rings. The zero-order valence-electron chi connectivity index (χ0n) is 23.2. The zero-order valence-corrected chi connectivity index (χ0v) is 23.2. The maximum atomic E-state index is 13.4. The van der Waals surface area contributed by atoms with Crippen molar-refractivity contribution in [3.05, 3.63) is 81.9 Å². The lowest BCUT2D eigenvalue weighted by Gasteiger charge is -2.39. The summed E-state index contributed by atoms with van der Waals surface area (Å²) in [5.74, 6) is 1.63. The molecule has 214 valence electrons. The minimum atomic E-state index is -4.45. The Morgan fingerprint density at radius 1 is 1.00 bits per heavy atom. The Bertz CT molecular complexity index is 1370.